The maximum absolute atomic E-state index is 13.4. The summed E-state index contributed by atoms with van der Waals surface area (Å²) in [5.74, 6) is 0.812. The molecule has 1 unspecified atom stereocenters. The topological polar surface area (TPSA) is 114 Å². The summed E-state index contributed by atoms with van der Waals surface area (Å²) in [6.07, 6.45) is 4.77. The number of benzene rings is 3. The smallest absolute Gasteiger partial charge is 0.269 e. The number of aryl methyl sites for hydroxylation is 1. The molecule has 9 nitrogen and oxygen atoms in total. The van der Waals surface area contributed by atoms with Crippen LogP contribution in [0.5, 0.6) is 0 Å². The number of nitrogens with one attached hydrogen (secondary N) is 1. The number of fused-ring (bicyclic) bond motifs is 1. The van der Waals surface area contributed by atoms with Gasteiger partial charge in [-0.15, -0.1) is 0 Å². The Morgan fingerprint density at radius 3 is 2.41 bits per heavy atom. The van der Waals surface area contributed by atoms with Gasteiger partial charge in [0.1, 0.15) is 12.1 Å². The monoisotopic (exact) mass is 587 g/mol. The van der Waals surface area contributed by atoms with Gasteiger partial charge < -0.3 is 4.90 Å². The lowest BCUT2D eigenvalue weighted by Crippen LogP contribution is -2.35. The largest absolute Gasteiger partial charge is 0.355 e. The minimum Gasteiger partial charge on any atom is -0.355 e. The lowest BCUT2D eigenvalue weighted by molar-refractivity contribution is 0.508. The molecule has 0 spiro atoms. The Kier molecular flexibility index (Phi) is 7.00. The van der Waals surface area contributed by atoms with Crippen molar-refractivity contribution in [1.29, 1.82) is 0 Å². The lowest BCUT2D eigenvalue weighted by Gasteiger charge is -2.34. The minimum atomic E-state index is -3.83. The molecule has 1 atom stereocenters. The highest BCUT2D eigenvalue weighted by atomic mass is 32.2. The van der Waals surface area contributed by atoms with Crippen LogP contribution in [0, 0.1) is 6.92 Å². The molecule has 3 aromatic carbocycles. The van der Waals surface area contributed by atoms with Crippen LogP contribution in [0.15, 0.2) is 107 Å². The molecular formula is C30H29N5O4S2. The Hall–Kier alpha value is -4.22. The predicted molar refractivity (Wildman–Crippen MR) is 159 cm³/mol. The standard InChI is InChI=1S/C30H29N5O4S2/c1-22-12-14-27(15-13-22)41(38,39)35-18-16-28-29(31-21-32-30(28)35)34-17-6-8-24(20-34)23-7-5-9-25(19-23)33-40(36,37)26-10-3-2-4-11-26/h2-5,7,9-16,18-19,21,24,33H,6,8,17,20H2,1H3. The molecular weight excluding hydrogens is 558 g/mol. The highest BCUT2D eigenvalue weighted by molar-refractivity contribution is 7.92. The molecule has 0 aliphatic carbocycles. The molecule has 6 rings (SSSR count). The Labute approximate surface area is 239 Å². The number of aromatic nitrogens is 3. The van der Waals surface area contributed by atoms with Crippen LogP contribution in [0.4, 0.5) is 11.5 Å². The third-order valence-electron chi connectivity index (χ3n) is 7.39. The maximum Gasteiger partial charge on any atom is 0.269 e. The number of hydrogen-bond donors (Lipinski definition) is 1. The van der Waals surface area contributed by atoms with E-state index in [1.165, 1.54) is 16.5 Å². The summed E-state index contributed by atoms with van der Waals surface area (Å²) < 4.78 is 56.4. The molecule has 210 valence electrons. The van der Waals surface area contributed by atoms with E-state index in [0.717, 1.165) is 30.5 Å². The first-order valence-electron chi connectivity index (χ1n) is 13.3. The van der Waals surface area contributed by atoms with Crippen LogP contribution in [-0.4, -0.2) is 43.9 Å². The van der Waals surface area contributed by atoms with Crippen LogP contribution in [0.3, 0.4) is 0 Å². The zero-order valence-electron chi connectivity index (χ0n) is 22.4. The highest BCUT2D eigenvalue weighted by Gasteiger charge is 2.27. The van der Waals surface area contributed by atoms with Gasteiger partial charge in [-0.25, -0.2) is 30.8 Å². The Morgan fingerprint density at radius 2 is 1.63 bits per heavy atom. The van der Waals surface area contributed by atoms with E-state index in [4.69, 9.17) is 0 Å². The Morgan fingerprint density at radius 1 is 0.854 bits per heavy atom. The SMILES string of the molecule is Cc1ccc(S(=O)(=O)n2ccc3c(N4CCCC(c5cccc(NS(=O)(=O)c6ccccc6)c5)C4)ncnc32)cc1. The fourth-order valence-electron chi connectivity index (χ4n) is 5.30. The van der Waals surface area contributed by atoms with Crippen LogP contribution in [0.1, 0.15) is 29.9 Å². The van der Waals surface area contributed by atoms with Crippen molar-refractivity contribution in [2.45, 2.75) is 35.5 Å². The molecule has 5 aromatic rings. The van der Waals surface area contributed by atoms with Crippen molar-refractivity contribution in [1.82, 2.24) is 13.9 Å². The number of anilines is 2. The van der Waals surface area contributed by atoms with Gasteiger partial charge in [-0.05, 0) is 67.8 Å². The second-order valence-electron chi connectivity index (χ2n) is 10.2. The van der Waals surface area contributed by atoms with Gasteiger partial charge in [0.15, 0.2) is 5.65 Å². The van der Waals surface area contributed by atoms with Gasteiger partial charge in [0.05, 0.1) is 15.2 Å². The van der Waals surface area contributed by atoms with Gasteiger partial charge in [0.2, 0.25) is 0 Å². The summed E-state index contributed by atoms with van der Waals surface area (Å²) in [6.45, 7) is 3.32. The van der Waals surface area contributed by atoms with Gasteiger partial charge in [0.25, 0.3) is 20.0 Å². The Balaban J connectivity index is 1.26. The summed E-state index contributed by atoms with van der Waals surface area (Å²) >= 11 is 0. The van der Waals surface area contributed by atoms with E-state index in [-0.39, 0.29) is 15.7 Å². The van der Waals surface area contributed by atoms with Crippen molar-refractivity contribution in [2.75, 3.05) is 22.7 Å². The third kappa shape index (κ3) is 5.30. The van der Waals surface area contributed by atoms with Crippen molar-refractivity contribution in [3.8, 4) is 0 Å². The molecule has 0 amide bonds. The summed E-state index contributed by atoms with van der Waals surface area (Å²) in [5, 5.41) is 0.660. The number of hydrogen-bond acceptors (Lipinski definition) is 7. The van der Waals surface area contributed by atoms with Gasteiger partial charge >= 0.3 is 0 Å². The number of piperidine rings is 1. The second kappa shape index (κ2) is 10.6. The Bertz CT molecular complexity index is 1920. The van der Waals surface area contributed by atoms with Crippen molar-refractivity contribution < 1.29 is 16.8 Å². The van der Waals surface area contributed by atoms with Crippen LogP contribution >= 0.6 is 0 Å². The van der Waals surface area contributed by atoms with Gasteiger partial charge in [-0.2, -0.15) is 0 Å². The van der Waals surface area contributed by atoms with Gasteiger partial charge in [-0.3, -0.25) is 4.72 Å². The molecule has 2 aromatic heterocycles. The molecule has 41 heavy (non-hydrogen) atoms. The summed E-state index contributed by atoms with van der Waals surface area (Å²) in [6, 6.07) is 24.3. The fourth-order valence-corrected chi connectivity index (χ4v) is 7.67. The van der Waals surface area contributed by atoms with E-state index in [2.05, 4.69) is 19.6 Å². The van der Waals surface area contributed by atoms with Crippen molar-refractivity contribution in [3.05, 3.63) is 109 Å². The molecule has 0 saturated carbocycles. The van der Waals surface area contributed by atoms with E-state index in [9.17, 15) is 16.8 Å². The molecule has 1 aliphatic heterocycles. The second-order valence-corrected chi connectivity index (χ2v) is 13.7. The molecule has 0 bridgehead atoms. The minimum absolute atomic E-state index is 0.133. The molecule has 1 saturated heterocycles. The van der Waals surface area contributed by atoms with E-state index < -0.39 is 20.0 Å². The van der Waals surface area contributed by atoms with Crippen molar-refractivity contribution in [2.24, 2.45) is 0 Å². The molecule has 3 heterocycles. The quantitative estimate of drug-likeness (QED) is 0.280. The highest BCUT2D eigenvalue weighted by Crippen LogP contribution is 2.34. The van der Waals surface area contributed by atoms with Crippen molar-refractivity contribution in [3.63, 3.8) is 0 Å². The average molecular weight is 588 g/mol. The van der Waals surface area contributed by atoms with Crippen LogP contribution < -0.4 is 9.62 Å². The van der Waals surface area contributed by atoms with Crippen LogP contribution in [0.2, 0.25) is 0 Å². The predicted octanol–water partition coefficient (Wildman–Crippen LogP) is 5.16. The van der Waals surface area contributed by atoms with E-state index in [1.54, 1.807) is 66.7 Å². The van der Waals surface area contributed by atoms with Crippen LogP contribution in [-0.2, 0) is 20.0 Å². The fraction of sp³-hybridized carbons (Fsp3) is 0.200. The lowest BCUT2D eigenvalue weighted by atomic mass is 9.90. The van der Waals surface area contributed by atoms with E-state index >= 15 is 0 Å². The normalized spacial score (nSPS) is 16.1. The summed E-state index contributed by atoms with van der Waals surface area (Å²) in [5.41, 5.74) is 2.83. The van der Waals surface area contributed by atoms with E-state index in [0.29, 0.717) is 29.1 Å². The number of sulfonamides is 1. The summed E-state index contributed by atoms with van der Waals surface area (Å²) in [4.78, 5) is 11.4. The maximum atomic E-state index is 13.4. The number of rotatable bonds is 7. The zero-order valence-corrected chi connectivity index (χ0v) is 24.0. The van der Waals surface area contributed by atoms with E-state index in [1.807, 2.05) is 25.1 Å². The molecule has 1 N–H and O–H groups in total. The first-order chi connectivity index (χ1) is 19.7. The number of nitrogens with zero attached hydrogens (tertiary/aromatic N) is 4. The third-order valence-corrected chi connectivity index (χ3v) is 10.5. The zero-order chi connectivity index (χ0) is 28.6. The van der Waals surface area contributed by atoms with Crippen LogP contribution in [0.25, 0.3) is 11.0 Å². The molecule has 1 fully saturated rings. The molecule has 0 radical (unpaired) electrons. The first kappa shape index (κ1) is 27.0. The average Bonchev–Trinajstić information content (AvgIpc) is 3.43. The molecule has 1 aliphatic rings. The van der Waals surface area contributed by atoms with Gasteiger partial charge in [-0.1, -0.05) is 48.0 Å². The summed E-state index contributed by atoms with van der Waals surface area (Å²) in [7, 11) is -7.53. The van der Waals surface area contributed by atoms with Gasteiger partial charge in [0, 0.05) is 30.9 Å². The van der Waals surface area contributed by atoms with Crippen molar-refractivity contribution >= 4 is 42.6 Å². The molecule has 11 heteroatoms. The first-order valence-corrected chi connectivity index (χ1v) is 16.2.